The van der Waals surface area contributed by atoms with Gasteiger partial charge in [0.1, 0.15) is 44.0 Å². The first kappa shape index (κ1) is 73.2. The number of ether oxygens (including phenoxy) is 5. The van der Waals surface area contributed by atoms with E-state index < -0.39 is 155 Å². The first-order valence-corrected chi connectivity index (χ1v) is 26.0. The number of nitrogens with two attached hydrogens (primary N) is 1. The number of Topliss-reactive ketones (excluding diaryl/α,β-unsaturated/α-hetero) is 2. The Labute approximate surface area is 462 Å². The summed E-state index contributed by atoms with van der Waals surface area (Å²) in [6, 6.07) is -8.16. The summed E-state index contributed by atoms with van der Waals surface area (Å²) in [5.74, 6) is -12.0. The highest BCUT2D eigenvalue weighted by Gasteiger charge is 2.33. The Morgan fingerprint density at radius 2 is 0.988 bits per heavy atom. The second-order valence-electron chi connectivity index (χ2n) is 17.6. The third-order valence-electron chi connectivity index (χ3n) is 10.7. The highest BCUT2D eigenvalue weighted by Crippen LogP contribution is 2.06. The summed E-state index contributed by atoms with van der Waals surface area (Å²) in [7, 11) is 0. The summed E-state index contributed by atoms with van der Waals surface area (Å²) in [6.45, 7) is 0.206. The smallest absolute Gasteiger partial charge is 0.317 e. The van der Waals surface area contributed by atoms with Crippen molar-refractivity contribution in [3.8, 4) is 0 Å². The maximum absolute atomic E-state index is 13.6. The number of carbonyl (C=O) groups excluding carboxylic acids is 11. The van der Waals surface area contributed by atoms with Crippen molar-refractivity contribution in [2.45, 2.75) is 109 Å². The minimum atomic E-state index is -1.91. The SMILES string of the molecule is CCCC[C@H](NC(=O)[C@H](CNC(=O)CN(CC(=O)O)CC(=O)O)NC(=O)[C@H](CO)NC(=O)[C@H](CCC(N)=O)NC(=O)[C@H](CO)NC(=O)CNC(=O)COCCOCCNC(=O)COCCOCCCC(=O)COCCC)C(=O)CC. The van der Waals surface area contributed by atoms with E-state index in [-0.39, 0.29) is 83.1 Å². The second-order valence-corrected chi connectivity index (χ2v) is 17.6. The average molecular weight is 1150 g/mol. The van der Waals surface area contributed by atoms with Gasteiger partial charge < -0.3 is 92.4 Å². The molecule has 456 valence electrons. The van der Waals surface area contributed by atoms with Gasteiger partial charge in [-0.2, -0.15) is 0 Å². The Morgan fingerprint density at radius 3 is 1.55 bits per heavy atom. The molecule has 32 nitrogen and oxygen atoms in total. The number of carbonyl (C=O) groups is 13. The van der Waals surface area contributed by atoms with Crippen molar-refractivity contribution in [3.05, 3.63) is 0 Å². The molecule has 0 bridgehead atoms. The van der Waals surface area contributed by atoms with E-state index in [2.05, 4.69) is 42.5 Å². The first-order chi connectivity index (χ1) is 38.1. The highest BCUT2D eigenvalue weighted by molar-refractivity contribution is 5.97. The number of hydrogen-bond acceptors (Lipinski definition) is 21. The van der Waals surface area contributed by atoms with E-state index in [0.29, 0.717) is 38.9 Å². The number of aliphatic hydroxyl groups excluding tert-OH is 2. The van der Waals surface area contributed by atoms with Crippen molar-refractivity contribution >= 4 is 76.7 Å². The zero-order valence-electron chi connectivity index (χ0n) is 45.6. The minimum absolute atomic E-state index is 0.00573. The fourth-order valence-electron chi connectivity index (χ4n) is 6.57. The highest BCUT2D eigenvalue weighted by atomic mass is 16.5. The quantitative estimate of drug-likeness (QED) is 0.0252. The lowest BCUT2D eigenvalue weighted by atomic mass is 10.0. The predicted octanol–water partition coefficient (Wildman–Crippen LogP) is -6.51. The Bertz CT molecular complexity index is 1970. The van der Waals surface area contributed by atoms with Crippen LogP contribution in [0.2, 0.25) is 0 Å². The summed E-state index contributed by atoms with van der Waals surface area (Å²) in [6.07, 6.45) is 2.06. The summed E-state index contributed by atoms with van der Waals surface area (Å²) in [5, 5.41) is 56.7. The predicted molar refractivity (Wildman–Crippen MR) is 276 cm³/mol. The fourth-order valence-corrected chi connectivity index (χ4v) is 6.57. The largest absolute Gasteiger partial charge is 0.480 e. The number of unbranched alkanes of at least 4 members (excludes halogenated alkanes) is 1. The zero-order chi connectivity index (χ0) is 60.3. The molecule has 0 radical (unpaired) electrons. The molecule has 0 spiro atoms. The van der Waals surface area contributed by atoms with Crippen LogP contribution in [0.5, 0.6) is 0 Å². The Hall–Kier alpha value is -6.81. The van der Waals surface area contributed by atoms with E-state index in [1.807, 2.05) is 13.8 Å². The van der Waals surface area contributed by atoms with Gasteiger partial charge in [-0.25, -0.2) is 0 Å². The molecule has 0 unspecified atom stereocenters. The summed E-state index contributed by atoms with van der Waals surface area (Å²) < 4.78 is 26.3. The van der Waals surface area contributed by atoms with Crippen LogP contribution in [0.3, 0.4) is 0 Å². The van der Waals surface area contributed by atoms with Gasteiger partial charge in [-0.1, -0.05) is 33.6 Å². The summed E-state index contributed by atoms with van der Waals surface area (Å²) in [4.78, 5) is 163. The van der Waals surface area contributed by atoms with E-state index in [4.69, 9.17) is 39.6 Å². The van der Waals surface area contributed by atoms with Crippen LogP contribution in [0.15, 0.2) is 0 Å². The Morgan fingerprint density at radius 1 is 0.475 bits per heavy atom. The molecule has 0 aliphatic heterocycles. The van der Waals surface area contributed by atoms with Gasteiger partial charge in [-0.05, 0) is 25.7 Å². The maximum atomic E-state index is 13.6. The Kier molecular flexibility index (Phi) is 41.1. The van der Waals surface area contributed by atoms with Crippen molar-refractivity contribution in [2.24, 2.45) is 5.73 Å². The van der Waals surface area contributed by atoms with Crippen LogP contribution < -0.4 is 48.3 Å². The first-order valence-electron chi connectivity index (χ1n) is 26.0. The van der Waals surface area contributed by atoms with Gasteiger partial charge in [-0.15, -0.1) is 0 Å². The lowest BCUT2D eigenvalue weighted by molar-refractivity contribution is -0.142. The normalized spacial score (nSPS) is 12.8. The van der Waals surface area contributed by atoms with Crippen LogP contribution in [0.25, 0.3) is 0 Å². The van der Waals surface area contributed by atoms with E-state index >= 15 is 0 Å². The number of carboxylic acids is 2. The molecule has 0 aromatic heterocycles. The number of ketones is 2. The van der Waals surface area contributed by atoms with Gasteiger partial charge in [0.15, 0.2) is 11.6 Å². The molecule has 0 aliphatic rings. The number of hydrogen-bond donors (Lipinski definition) is 13. The van der Waals surface area contributed by atoms with Crippen molar-refractivity contribution < 1.29 is 106 Å². The average Bonchev–Trinajstić information content (AvgIpc) is 3.40. The van der Waals surface area contributed by atoms with Gasteiger partial charge in [0.2, 0.25) is 53.2 Å². The second kappa shape index (κ2) is 45.0. The molecule has 0 aromatic rings. The van der Waals surface area contributed by atoms with E-state index in [9.17, 15) is 72.5 Å². The number of aliphatic hydroxyl groups is 2. The van der Waals surface area contributed by atoms with Crippen LogP contribution in [-0.2, 0) is 86.0 Å². The van der Waals surface area contributed by atoms with Crippen molar-refractivity contribution in [3.63, 3.8) is 0 Å². The van der Waals surface area contributed by atoms with Crippen molar-refractivity contribution in [2.75, 3.05) is 119 Å². The number of carboxylic acid groups (broad SMARTS) is 2. The van der Waals surface area contributed by atoms with Crippen LogP contribution in [0.1, 0.15) is 78.6 Å². The number of aliphatic carboxylic acids is 2. The van der Waals surface area contributed by atoms with Crippen molar-refractivity contribution in [1.29, 1.82) is 0 Å². The molecule has 0 saturated carbocycles. The molecule has 9 amide bonds. The van der Waals surface area contributed by atoms with Gasteiger partial charge in [0.25, 0.3) is 0 Å². The number of amides is 9. The van der Waals surface area contributed by atoms with Gasteiger partial charge in [0.05, 0.1) is 78.5 Å². The molecule has 0 aliphatic carbocycles. The molecular formula is C48H82N10O22. The number of rotatable bonds is 50. The van der Waals surface area contributed by atoms with E-state index in [0.717, 1.165) is 11.3 Å². The third-order valence-corrected chi connectivity index (χ3v) is 10.7. The van der Waals surface area contributed by atoms with Gasteiger partial charge in [0, 0.05) is 45.6 Å². The third kappa shape index (κ3) is 37.1. The number of primary amides is 1. The van der Waals surface area contributed by atoms with E-state index in [1.54, 1.807) is 6.92 Å². The number of nitrogens with zero attached hydrogens (tertiary/aromatic N) is 1. The lowest BCUT2D eigenvalue weighted by Gasteiger charge is -2.26. The molecule has 80 heavy (non-hydrogen) atoms. The molecule has 32 heteroatoms. The molecule has 0 heterocycles. The fraction of sp³-hybridized carbons (Fsp3) is 0.729. The molecular weight excluding hydrogens is 1070 g/mol. The maximum Gasteiger partial charge on any atom is 0.317 e. The zero-order valence-corrected chi connectivity index (χ0v) is 45.6. The van der Waals surface area contributed by atoms with Crippen LogP contribution in [0.4, 0.5) is 0 Å². The van der Waals surface area contributed by atoms with Crippen molar-refractivity contribution in [1.82, 2.24) is 47.4 Å². The standard InChI is InChI=1S/C48H82N10O22/c1-4-7-10-32(37(62)6-3)54-46(73)34(21-51-40(65)23-58(24-43(68)69)25-44(70)71)56-48(75)36(27-60)57-45(72)33(11-12-38(49)63)55-47(74)35(26-59)53-39(64)22-52-42(67)30-80-20-18-77-16-13-50-41(66)29-79-19-17-76-15-8-9-31(61)28-78-14-5-2/h32-36,59-60H,4-30H2,1-3H3,(H2,49,63)(H,50,66)(H,51,65)(H,52,67)(H,53,64)(H,54,73)(H,55,74)(H,56,75)(H,57,72)(H,68,69)(H,70,71)/t32-,33-,34-,35-,36-/m0/s1. The molecule has 0 rings (SSSR count). The molecule has 14 N–H and O–H groups in total. The topological polar surface area (TPSA) is 474 Å². The monoisotopic (exact) mass is 1150 g/mol. The van der Waals surface area contributed by atoms with Gasteiger partial charge >= 0.3 is 11.9 Å². The van der Waals surface area contributed by atoms with Crippen LogP contribution in [0, 0.1) is 0 Å². The molecule has 0 aromatic carbocycles. The lowest BCUT2D eigenvalue weighted by Crippen LogP contribution is -2.61. The summed E-state index contributed by atoms with van der Waals surface area (Å²) in [5.41, 5.74) is 5.26. The Balaban J connectivity index is 5.27. The summed E-state index contributed by atoms with van der Waals surface area (Å²) >= 11 is 0. The molecule has 0 saturated heterocycles. The van der Waals surface area contributed by atoms with Crippen LogP contribution >= 0.6 is 0 Å². The van der Waals surface area contributed by atoms with Crippen LogP contribution in [-0.4, -0.2) is 251 Å². The van der Waals surface area contributed by atoms with E-state index in [1.165, 1.54) is 0 Å². The molecule has 0 fully saturated rings. The molecule has 5 atom stereocenters. The number of nitrogens with one attached hydrogen (secondary N) is 8. The minimum Gasteiger partial charge on any atom is -0.480 e. The van der Waals surface area contributed by atoms with Gasteiger partial charge in [-0.3, -0.25) is 67.2 Å².